The summed E-state index contributed by atoms with van der Waals surface area (Å²) in [6, 6.07) is 4.05. The number of nitrogens with zero attached hydrogens (tertiary/aromatic N) is 2. The Labute approximate surface area is 127 Å². The van der Waals surface area contributed by atoms with Crippen molar-refractivity contribution in [3.8, 4) is 0 Å². The number of hydrogen-bond acceptors (Lipinski definition) is 3. The number of aromatic nitrogens is 1. The van der Waals surface area contributed by atoms with Crippen molar-refractivity contribution in [3.63, 3.8) is 0 Å². The van der Waals surface area contributed by atoms with Crippen molar-refractivity contribution in [2.45, 2.75) is 65.0 Å². The SMILES string of the molecule is CC1CCCCN1Cc1nc(C(C)(C)C)ccc1C(=O)O. The number of carbonyl (C=O) groups is 1. The molecule has 0 aliphatic carbocycles. The van der Waals surface area contributed by atoms with E-state index in [0.29, 0.717) is 23.8 Å². The Morgan fingerprint density at radius 1 is 1.38 bits per heavy atom. The first-order valence-electron chi connectivity index (χ1n) is 7.77. The van der Waals surface area contributed by atoms with E-state index in [0.717, 1.165) is 12.2 Å². The predicted molar refractivity (Wildman–Crippen MR) is 83.6 cm³/mol. The monoisotopic (exact) mass is 290 g/mol. The Kier molecular flexibility index (Phi) is 4.67. The Balaban J connectivity index is 2.32. The van der Waals surface area contributed by atoms with E-state index < -0.39 is 5.97 Å². The van der Waals surface area contributed by atoms with Gasteiger partial charge in [0.25, 0.3) is 0 Å². The fourth-order valence-corrected chi connectivity index (χ4v) is 2.82. The standard InChI is InChI=1S/C17H26N2O2/c1-12-7-5-6-10-19(12)11-14-13(16(20)21)8-9-15(18-14)17(2,3)4/h8-9,12H,5-7,10-11H2,1-4H3,(H,20,21). The smallest absolute Gasteiger partial charge is 0.337 e. The normalized spacial score (nSPS) is 20.5. The zero-order valence-electron chi connectivity index (χ0n) is 13.5. The van der Waals surface area contributed by atoms with Gasteiger partial charge < -0.3 is 5.11 Å². The summed E-state index contributed by atoms with van der Waals surface area (Å²) in [6.45, 7) is 10.2. The average molecular weight is 290 g/mol. The van der Waals surface area contributed by atoms with Gasteiger partial charge in [0, 0.05) is 23.7 Å². The van der Waals surface area contributed by atoms with Gasteiger partial charge in [-0.15, -0.1) is 0 Å². The average Bonchev–Trinajstić information content (AvgIpc) is 2.40. The lowest BCUT2D eigenvalue weighted by Gasteiger charge is -2.33. The van der Waals surface area contributed by atoms with Gasteiger partial charge in [0.2, 0.25) is 0 Å². The molecule has 0 saturated carbocycles. The topological polar surface area (TPSA) is 53.4 Å². The number of likely N-dealkylation sites (tertiary alicyclic amines) is 1. The Hall–Kier alpha value is -1.42. The molecule has 1 aromatic heterocycles. The van der Waals surface area contributed by atoms with E-state index in [2.05, 4.69) is 37.6 Å². The van der Waals surface area contributed by atoms with Gasteiger partial charge in [0.05, 0.1) is 11.3 Å². The van der Waals surface area contributed by atoms with Crippen molar-refractivity contribution < 1.29 is 9.90 Å². The number of pyridine rings is 1. The summed E-state index contributed by atoms with van der Waals surface area (Å²) in [4.78, 5) is 18.5. The van der Waals surface area contributed by atoms with E-state index in [-0.39, 0.29) is 5.41 Å². The second kappa shape index (κ2) is 6.14. The number of piperidine rings is 1. The van der Waals surface area contributed by atoms with Crippen LogP contribution in [-0.4, -0.2) is 33.5 Å². The molecular formula is C17H26N2O2. The molecule has 4 nitrogen and oxygen atoms in total. The maximum Gasteiger partial charge on any atom is 0.337 e. The van der Waals surface area contributed by atoms with Crippen LogP contribution >= 0.6 is 0 Å². The van der Waals surface area contributed by atoms with Gasteiger partial charge in [-0.25, -0.2) is 4.79 Å². The highest BCUT2D eigenvalue weighted by atomic mass is 16.4. The fraction of sp³-hybridized carbons (Fsp3) is 0.647. The van der Waals surface area contributed by atoms with E-state index in [1.807, 2.05) is 6.07 Å². The third-order valence-electron chi connectivity index (χ3n) is 4.27. The van der Waals surface area contributed by atoms with Crippen LogP contribution < -0.4 is 0 Å². The predicted octanol–water partition coefficient (Wildman–Crippen LogP) is 3.45. The molecule has 21 heavy (non-hydrogen) atoms. The third-order valence-corrected chi connectivity index (χ3v) is 4.27. The van der Waals surface area contributed by atoms with Gasteiger partial charge in [-0.3, -0.25) is 9.88 Å². The number of rotatable bonds is 3. The lowest BCUT2D eigenvalue weighted by molar-refractivity contribution is 0.0691. The van der Waals surface area contributed by atoms with Crippen molar-refractivity contribution >= 4 is 5.97 Å². The van der Waals surface area contributed by atoms with Crippen LogP contribution in [-0.2, 0) is 12.0 Å². The van der Waals surface area contributed by atoms with E-state index in [4.69, 9.17) is 0 Å². The molecule has 0 amide bonds. The van der Waals surface area contributed by atoms with Crippen molar-refractivity contribution in [1.82, 2.24) is 9.88 Å². The van der Waals surface area contributed by atoms with Crippen molar-refractivity contribution in [2.75, 3.05) is 6.54 Å². The van der Waals surface area contributed by atoms with Crippen LogP contribution in [0.15, 0.2) is 12.1 Å². The summed E-state index contributed by atoms with van der Waals surface area (Å²) in [5, 5.41) is 9.40. The van der Waals surface area contributed by atoms with E-state index in [1.54, 1.807) is 6.07 Å². The molecule has 4 heteroatoms. The molecule has 0 aromatic carbocycles. The molecule has 0 spiro atoms. The molecule has 0 bridgehead atoms. The first-order valence-corrected chi connectivity index (χ1v) is 7.77. The van der Waals surface area contributed by atoms with Gasteiger partial charge in [0.15, 0.2) is 0 Å². The summed E-state index contributed by atoms with van der Waals surface area (Å²) in [5.41, 5.74) is 1.91. The molecule has 1 aromatic rings. The van der Waals surface area contributed by atoms with Crippen LogP contribution in [0.25, 0.3) is 0 Å². The number of hydrogen-bond donors (Lipinski definition) is 1. The highest BCUT2D eigenvalue weighted by Crippen LogP contribution is 2.24. The van der Waals surface area contributed by atoms with E-state index in [9.17, 15) is 9.90 Å². The van der Waals surface area contributed by atoms with Crippen molar-refractivity contribution in [1.29, 1.82) is 0 Å². The van der Waals surface area contributed by atoms with Crippen LogP contribution in [0.2, 0.25) is 0 Å². The molecule has 1 unspecified atom stereocenters. The lowest BCUT2D eigenvalue weighted by atomic mass is 9.91. The number of carboxylic acids is 1. The van der Waals surface area contributed by atoms with Crippen LogP contribution in [0.5, 0.6) is 0 Å². The minimum Gasteiger partial charge on any atom is -0.478 e. The summed E-state index contributed by atoms with van der Waals surface area (Å²) >= 11 is 0. The Morgan fingerprint density at radius 2 is 2.10 bits per heavy atom. The van der Waals surface area contributed by atoms with Crippen LogP contribution in [0, 0.1) is 0 Å². The maximum absolute atomic E-state index is 11.4. The molecule has 1 fully saturated rings. The lowest BCUT2D eigenvalue weighted by Crippen LogP contribution is -2.37. The highest BCUT2D eigenvalue weighted by Gasteiger charge is 2.24. The first kappa shape index (κ1) is 16.0. The quantitative estimate of drug-likeness (QED) is 0.926. The van der Waals surface area contributed by atoms with Crippen molar-refractivity contribution in [2.24, 2.45) is 0 Å². The molecule has 1 saturated heterocycles. The van der Waals surface area contributed by atoms with Gasteiger partial charge in [-0.1, -0.05) is 27.2 Å². The van der Waals surface area contributed by atoms with Gasteiger partial charge in [-0.05, 0) is 38.4 Å². The third kappa shape index (κ3) is 3.82. The van der Waals surface area contributed by atoms with Crippen LogP contribution in [0.1, 0.15) is 68.7 Å². The summed E-state index contributed by atoms with van der Waals surface area (Å²) in [6.07, 6.45) is 3.63. The van der Waals surface area contributed by atoms with Crippen LogP contribution in [0.4, 0.5) is 0 Å². The molecule has 2 rings (SSSR count). The molecule has 1 atom stereocenters. The zero-order valence-corrected chi connectivity index (χ0v) is 13.5. The molecule has 2 heterocycles. The van der Waals surface area contributed by atoms with Gasteiger partial charge in [-0.2, -0.15) is 0 Å². The molecule has 1 aliphatic heterocycles. The first-order chi connectivity index (χ1) is 9.79. The maximum atomic E-state index is 11.4. The van der Waals surface area contributed by atoms with Gasteiger partial charge >= 0.3 is 5.97 Å². The number of aromatic carboxylic acids is 1. The Morgan fingerprint density at radius 3 is 2.67 bits per heavy atom. The molecule has 1 N–H and O–H groups in total. The highest BCUT2D eigenvalue weighted by molar-refractivity contribution is 5.88. The van der Waals surface area contributed by atoms with Crippen LogP contribution in [0.3, 0.4) is 0 Å². The summed E-state index contributed by atoms with van der Waals surface area (Å²) in [7, 11) is 0. The second-order valence-corrected chi connectivity index (χ2v) is 7.06. The number of carboxylic acid groups (broad SMARTS) is 1. The zero-order chi connectivity index (χ0) is 15.6. The second-order valence-electron chi connectivity index (χ2n) is 7.06. The van der Waals surface area contributed by atoms with Crippen molar-refractivity contribution in [3.05, 3.63) is 29.1 Å². The summed E-state index contributed by atoms with van der Waals surface area (Å²) < 4.78 is 0. The molecular weight excluding hydrogens is 264 g/mol. The Bertz CT molecular complexity index is 520. The summed E-state index contributed by atoms with van der Waals surface area (Å²) in [5.74, 6) is -0.886. The van der Waals surface area contributed by atoms with E-state index in [1.165, 1.54) is 19.3 Å². The van der Waals surface area contributed by atoms with E-state index >= 15 is 0 Å². The largest absolute Gasteiger partial charge is 0.478 e. The molecule has 0 radical (unpaired) electrons. The minimum atomic E-state index is -0.886. The minimum absolute atomic E-state index is 0.0701. The van der Waals surface area contributed by atoms with Gasteiger partial charge in [0.1, 0.15) is 0 Å². The fourth-order valence-electron chi connectivity index (χ4n) is 2.82. The molecule has 116 valence electrons. The molecule has 1 aliphatic rings.